The van der Waals surface area contributed by atoms with Crippen molar-refractivity contribution in [3.8, 4) is 0 Å². The van der Waals surface area contributed by atoms with Gasteiger partial charge in [-0.15, -0.1) is 0 Å². The zero-order valence-electron chi connectivity index (χ0n) is 18.3. The van der Waals surface area contributed by atoms with Crippen LogP contribution in [0.15, 0.2) is 17.3 Å². The first kappa shape index (κ1) is 19.4. The summed E-state index contributed by atoms with van der Waals surface area (Å²) in [5, 5.41) is 9.27. The van der Waals surface area contributed by atoms with Gasteiger partial charge in [0.15, 0.2) is 0 Å². The molecule has 1 spiro atoms. The highest BCUT2D eigenvalue weighted by atomic mass is 16.2. The van der Waals surface area contributed by atoms with Crippen molar-refractivity contribution in [3.05, 3.63) is 39.9 Å². The van der Waals surface area contributed by atoms with Gasteiger partial charge in [-0.2, -0.15) is 5.10 Å². The minimum atomic E-state index is -0.206. The molecule has 160 valence electrons. The SMILES string of the molecule is CCNC(=O)N1CCC2(CCCn3nc(C4(C)C=c5c(CC)c[nH]c5=NC4)cc32)C1. The van der Waals surface area contributed by atoms with Crippen molar-refractivity contribution in [2.75, 3.05) is 26.2 Å². The molecular formula is C23H32N6O. The lowest BCUT2D eigenvalue weighted by Gasteiger charge is -2.34. The van der Waals surface area contributed by atoms with Gasteiger partial charge in [-0.25, -0.2) is 4.79 Å². The van der Waals surface area contributed by atoms with E-state index in [1.807, 2.05) is 11.8 Å². The van der Waals surface area contributed by atoms with E-state index in [0.717, 1.165) is 56.5 Å². The maximum absolute atomic E-state index is 12.4. The third kappa shape index (κ3) is 2.89. The third-order valence-corrected chi connectivity index (χ3v) is 7.30. The van der Waals surface area contributed by atoms with Crippen molar-refractivity contribution < 1.29 is 4.79 Å². The van der Waals surface area contributed by atoms with Crippen molar-refractivity contribution in [2.24, 2.45) is 4.99 Å². The van der Waals surface area contributed by atoms with Crippen molar-refractivity contribution in [2.45, 2.75) is 63.8 Å². The number of carbonyl (C=O) groups is 1. The third-order valence-electron chi connectivity index (χ3n) is 7.30. The number of aromatic nitrogens is 3. The highest BCUT2D eigenvalue weighted by molar-refractivity contribution is 5.74. The summed E-state index contributed by atoms with van der Waals surface area (Å²) in [4.78, 5) is 22.6. The summed E-state index contributed by atoms with van der Waals surface area (Å²) in [5.41, 5.74) is 4.55. The Balaban J connectivity index is 1.50. The lowest BCUT2D eigenvalue weighted by molar-refractivity contribution is 0.203. The van der Waals surface area contributed by atoms with Gasteiger partial charge in [0.25, 0.3) is 0 Å². The predicted molar refractivity (Wildman–Crippen MR) is 116 cm³/mol. The molecule has 0 radical (unpaired) electrons. The van der Waals surface area contributed by atoms with Crippen LogP contribution in [0.1, 0.15) is 57.0 Å². The van der Waals surface area contributed by atoms with Crippen LogP contribution in [0, 0.1) is 0 Å². The Hall–Kier alpha value is -2.57. The first-order valence-corrected chi connectivity index (χ1v) is 11.3. The fourth-order valence-corrected chi connectivity index (χ4v) is 5.52. The number of hydrogen-bond donors (Lipinski definition) is 2. The number of nitrogens with one attached hydrogen (secondary N) is 2. The van der Waals surface area contributed by atoms with Gasteiger partial charge < -0.3 is 15.2 Å². The summed E-state index contributed by atoms with van der Waals surface area (Å²) in [5.74, 6) is 0. The number of carbonyl (C=O) groups excluding carboxylic acids is 1. The second kappa shape index (κ2) is 7.00. The number of H-pyrrole nitrogens is 1. The molecule has 7 nitrogen and oxygen atoms in total. The van der Waals surface area contributed by atoms with Gasteiger partial charge >= 0.3 is 6.03 Å². The summed E-state index contributed by atoms with van der Waals surface area (Å²) < 4.78 is 2.21. The molecule has 5 rings (SSSR count). The fraction of sp³-hybridized carbons (Fsp3) is 0.609. The summed E-state index contributed by atoms with van der Waals surface area (Å²) in [6.07, 6.45) is 8.69. The van der Waals surface area contributed by atoms with Crippen LogP contribution in [-0.4, -0.2) is 51.9 Å². The standard InChI is InChI=1S/C23H32N6O/c1-4-16-13-25-20-17(16)12-22(3,14-26-20)18-11-19-23(7-6-9-29(19)27-18)8-10-28(15-23)21(30)24-5-2/h11-13H,4-10,14-15H2,1-3H3,(H,24,30)(H,25,26). The van der Waals surface area contributed by atoms with Crippen LogP contribution >= 0.6 is 0 Å². The molecule has 1 fully saturated rings. The molecule has 2 N–H and O–H groups in total. The van der Waals surface area contributed by atoms with E-state index in [9.17, 15) is 4.79 Å². The molecular weight excluding hydrogens is 376 g/mol. The highest BCUT2D eigenvalue weighted by Crippen LogP contribution is 2.43. The van der Waals surface area contributed by atoms with E-state index >= 15 is 0 Å². The Labute approximate surface area is 177 Å². The van der Waals surface area contributed by atoms with Crippen LogP contribution in [0.5, 0.6) is 0 Å². The van der Waals surface area contributed by atoms with Gasteiger partial charge in [-0.3, -0.25) is 9.67 Å². The Bertz CT molecular complexity index is 1100. The van der Waals surface area contributed by atoms with E-state index in [2.05, 4.69) is 47.2 Å². The number of likely N-dealkylation sites (tertiary alicyclic amines) is 1. The number of urea groups is 1. The molecule has 2 unspecified atom stereocenters. The van der Waals surface area contributed by atoms with Gasteiger partial charge in [0.2, 0.25) is 0 Å². The second-order valence-electron chi connectivity index (χ2n) is 9.34. The minimum Gasteiger partial charge on any atom is -0.346 e. The molecule has 2 aromatic heterocycles. The maximum Gasteiger partial charge on any atom is 0.317 e. The van der Waals surface area contributed by atoms with Crippen molar-refractivity contribution in [3.63, 3.8) is 0 Å². The topological polar surface area (TPSA) is 78.3 Å². The Kier molecular flexibility index (Phi) is 4.52. The number of nitrogens with zero attached hydrogens (tertiary/aromatic N) is 4. The molecule has 2 amide bonds. The fourth-order valence-electron chi connectivity index (χ4n) is 5.52. The number of aromatic amines is 1. The van der Waals surface area contributed by atoms with Gasteiger partial charge in [0, 0.05) is 48.7 Å². The number of amides is 2. The molecule has 0 saturated carbocycles. The van der Waals surface area contributed by atoms with E-state index in [1.54, 1.807) is 0 Å². The normalized spacial score (nSPS) is 27.4. The highest BCUT2D eigenvalue weighted by Gasteiger charge is 2.46. The Morgan fingerprint density at radius 2 is 2.17 bits per heavy atom. The van der Waals surface area contributed by atoms with Crippen LogP contribution in [0.2, 0.25) is 0 Å². The van der Waals surface area contributed by atoms with Crippen LogP contribution in [-0.2, 0) is 23.8 Å². The lowest BCUT2D eigenvalue weighted by atomic mass is 9.76. The molecule has 1 saturated heterocycles. The number of hydrogen-bond acceptors (Lipinski definition) is 3. The second-order valence-corrected chi connectivity index (χ2v) is 9.34. The van der Waals surface area contributed by atoms with Crippen LogP contribution in [0.4, 0.5) is 4.79 Å². The van der Waals surface area contributed by atoms with Gasteiger partial charge in [-0.05, 0) is 51.2 Å². The van der Waals surface area contributed by atoms with Crippen molar-refractivity contribution in [1.29, 1.82) is 0 Å². The average molecular weight is 409 g/mol. The Morgan fingerprint density at radius 3 is 2.97 bits per heavy atom. The first-order valence-electron chi connectivity index (χ1n) is 11.3. The molecule has 0 bridgehead atoms. The van der Waals surface area contributed by atoms with E-state index in [4.69, 9.17) is 10.1 Å². The maximum atomic E-state index is 12.4. The number of aryl methyl sites for hydroxylation is 2. The zero-order valence-corrected chi connectivity index (χ0v) is 18.3. The smallest absolute Gasteiger partial charge is 0.317 e. The molecule has 5 heterocycles. The average Bonchev–Trinajstić information content (AvgIpc) is 3.45. The van der Waals surface area contributed by atoms with Gasteiger partial charge in [0.05, 0.1) is 17.7 Å². The summed E-state index contributed by atoms with van der Waals surface area (Å²) in [6.45, 7) is 10.3. The van der Waals surface area contributed by atoms with E-state index in [1.165, 1.54) is 16.5 Å². The quantitative estimate of drug-likeness (QED) is 0.809. The molecule has 3 aliphatic rings. The molecule has 7 heteroatoms. The van der Waals surface area contributed by atoms with Gasteiger partial charge in [0.1, 0.15) is 5.49 Å². The van der Waals surface area contributed by atoms with Crippen molar-refractivity contribution >= 4 is 12.1 Å². The van der Waals surface area contributed by atoms with Crippen LogP contribution in [0.3, 0.4) is 0 Å². The largest absolute Gasteiger partial charge is 0.346 e. The Morgan fingerprint density at radius 1 is 1.30 bits per heavy atom. The van der Waals surface area contributed by atoms with Crippen LogP contribution < -0.4 is 16.0 Å². The molecule has 0 aromatic carbocycles. The van der Waals surface area contributed by atoms with Crippen molar-refractivity contribution in [1.82, 2.24) is 25.0 Å². The molecule has 0 aliphatic carbocycles. The predicted octanol–water partition coefficient (Wildman–Crippen LogP) is 1.61. The van der Waals surface area contributed by atoms with Crippen LogP contribution in [0.25, 0.3) is 6.08 Å². The van der Waals surface area contributed by atoms with E-state index in [-0.39, 0.29) is 16.9 Å². The first-order chi connectivity index (χ1) is 14.5. The zero-order chi connectivity index (χ0) is 20.9. The summed E-state index contributed by atoms with van der Waals surface area (Å²) in [7, 11) is 0. The minimum absolute atomic E-state index is 0.0323. The molecule has 30 heavy (non-hydrogen) atoms. The number of fused-ring (bicyclic) bond motifs is 3. The van der Waals surface area contributed by atoms with E-state index in [0.29, 0.717) is 13.1 Å². The van der Waals surface area contributed by atoms with Gasteiger partial charge in [-0.1, -0.05) is 13.0 Å². The number of rotatable bonds is 3. The molecule has 2 aromatic rings. The monoisotopic (exact) mass is 408 g/mol. The van der Waals surface area contributed by atoms with E-state index < -0.39 is 0 Å². The lowest BCUT2D eigenvalue weighted by Crippen LogP contribution is -2.42. The summed E-state index contributed by atoms with van der Waals surface area (Å²) in [6, 6.07) is 2.38. The summed E-state index contributed by atoms with van der Waals surface area (Å²) >= 11 is 0. The molecule has 2 atom stereocenters. The molecule has 3 aliphatic heterocycles.